The van der Waals surface area contributed by atoms with E-state index < -0.39 is 0 Å². The first-order valence-electron chi connectivity index (χ1n) is 7.09. The Morgan fingerprint density at radius 1 is 1.41 bits per heavy atom. The molecule has 7 heteroatoms. The highest BCUT2D eigenvalue weighted by Gasteiger charge is 2.29. The van der Waals surface area contributed by atoms with Gasteiger partial charge in [0.25, 0.3) is 5.91 Å². The summed E-state index contributed by atoms with van der Waals surface area (Å²) in [7, 11) is 0. The zero-order valence-electron chi connectivity index (χ0n) is 12.1. The summed E-state index contributed by atoms with van der Waals surface area (Å²) in [6.45, 7) is 3.03. The number of carbonyl (C=O) groups excluding carboxylic acids is 1. The molecule has 0 aliphatic carbocycles. The third kappa shape index (κ3) is 3.10. The van der Waals surface area contributed by atoms with E-state index in [2.05, 4.69) is 10.1 Å². The Bertz CT molecular complexity index is 702. The molecule has 0 unspecified atom stereocenters. The molecule has 1 saturated heterocycles. The fourth-order valence-electron chi connectivity index (χ4n) is 2.68. The van der Waals surface area contributed by atoms with Gasteiger partial charge in [0.15, 0.2) is 5.82 Å². The van der Waals surface area contributed by atoms with E-state index in [1.165, 1.54) is 0 Å². The SMILES string of the molecule is Cc1noc([C@H]2CCCN(C(=O)c3ccc(Cl)cc3Cl)C2)n1. The summed E-state index contributed by atoms with van der Waals surface area (Å²) in [6, 6.07) is 4.91. The second-order valence-corrected chi connectivity index (χ2v) is 6.24. The molecule has 2 heterocycles. The first-order chi connectivity index (χ1) is 10.5. The second kappa shape index (κ2) is 6.26. The van der Waals surface area contributed by atoms with Gasteiger partial charge in [0.1, 0.15) is 0 Å². The number of nitrogens with zero attached hydrogens (tertiary/aromatic N) is 3. The monoisotopic (exact) mass is 339 g/mol. The third-order valence-electron chi connectivity index (χ3n) is 3.76. The molecule has 0 N–H and O–H groups in total. The molecule has 0 bridgehead atoms. The van der Waals surface area contributed by atoms with Crippen molar-refractivity contribution in [3.05, 3.63) is 45.5 Å². The van der Waals surface area contributed by atoms with Gasteiger partial charge in [-0.1, -0.05) is 28.4 Å². The van der Waals surface area contributed by atoms with Crippen LogP contribution in [0.1, 0.15) is 40.8 Å². The standard InChI is InChI=1S/C15H15Cl2N3O2/c1-9-18-14(22-19-9)10-3-2-6-20(8-10)15(21)12-5-4-11(16)7-13(12)17/h4-5,7,10H,2-3,6,8H2,1H3/t10-/m0/s1. The molecule has 1 aliphatic rings. The third-order valence-corrected chi connectivity index (χ3v) is 4.31. The maximum absolute atomic E-state index is 12.6. The van der Waals surface area contributed by atoms with Crippen LogP contribution in [0.25, 0.3) is 0 Å². The van der Waals surface area contributed by atoms with E-state index in [1.807, 2.05) is 0 Å². The first kappa shape index (κ1) is 15.3. The molecule has 1 fully saturated rings. The van der Waals surface area contributed by atoms with Crippen LogP contribution in [-0.4, -0.2) is 34.0 Å². The van der Waals surface area contributed by atoms with Crippen molar-refractivity contribution in [1.82, 2.24) is 15.0 Å². The van der Waals surface area contributed by atoms with Crippen molar-refractivity contribution in [2.45, 2.75) is 25.7 Å². The van der Waals surface area contributed by atoms with Crippen LogP contribution in [-0.2, 0) is 0 Å². The number of hydrogen-bond donors (Lipinski definition) is 0. The molecule has 1 aromatic heterocycles. The van der Waals surface area contributed by atoms with Crippen molar-refractivity contribution in [3.8, 4) is 0 Å². The molecule has 116 valence electrons. The summed E-state index contributed by atoms with van der Waals surface area (Å²) in [5.41, 5.74) is 0.466. The number of hydrogen-bond acceptors (Lipinski definition) is 4. The van der Waals surface area contributed by atoms with Gasteiger partial charge in [-0.05, 0) is 38.0 Å². The summed E-state index contributed by atoms with van der Waals surface area (Å²) in [5, 5.41) is 4.70. The van der Waals surface area contributed by atoms with Crippen molar-refractivity contribution in [2.24, 2.45) is 0 Å². The van der Waals surface area contributed by atoms with Crippen molar-refractivity contribution < 1.29 is 9.32 Å². The van der Waals surface area contributed by atoms with E-state index in [0.29, 0.717) is 40.4 Å². The van der Waals surface area contributed by atoms with Crippen molar-refractivity contribution >= 4 is 29.1 Å². The molecular weight excluding hydrogens is 325 g/mol. The van der Waals surface area contributed by atoms with Gasteiger partial charge >= 0.3 is 0 Å². The number of piperidine rings is 1. The molecule has 1 aromatic carbocycles. The molecule has 2 aromatic rings. The van der Waals surface area contributed by atoms with Crippen LogP contribution < -0.4 is 0 Å². The average molecular weight is 340 g/mol. The Labute approximate surface area is 138 Å². The molecule has 5 nitrogen and oxygen atoms in total. The van der Waals surface area contributed by atoms with Crippen LogP contribution in [0.15, 0.2) is 22.7 Å². The average Bonchev–Trinajstić information content (AvgIpc) is 2.93. The van der Waals surface area contributed by atoms with Crippen molar-refractivity contribution in [3.63, 3.8) is 0 Å². The highest BCUT2D eigenvalue weighted by Crippen LogP contribution is 2.28. The van der Waals surface area contributed by atoms with E-state index >= 15 is 0 Å². The lowest BCUT2D eigenvalue weighted by molar-refractivity contribution is 0.0696. The van der Waals surface area contributed by atoms with E-state index in [9.17, 15) is 4.79 Å². The fourth-order valence-corrected chi connectivity index (χ4v) is 3.16. The minimum Gasteiger partial charge on any atom is -0.339 e. The summed E-state index contributed by atoms with van der Waals surface area (Å²) >= 11 is 12.0. The summed E-state index contributed by atoms with van der Waals surface area (Å²) in [6.07, 6.45) is 1.82. The van der Waals surface area contributed by atoms with Gasteiger partial charge in [-0.2, -0.15) is 4.98 Å². The molecule has 22 heavy (non-hydrogen) atoms. The van der Waals surface area contributed by atoms with E-state index in [1.54, 1.807) is 30.0 Å². The Hall–Kier alpha value is -1.59. The molecule has 0 saturated carbocycles. The van der Waals surface area contributed by atoms with Crippen LogP contribution in [0, 0.1) is 6.92 Å². The zero-order valence-corrected chi connectivity index (χ0v) is 13.6. The number of rotatable bonds is 2. The Morgan fingerprint density at radius 3 is 2.91 bits per heavy atom. The number of amides is 1. The Balaban J connectivity index is 1.78. The van der Waals surface area contributed by atoms with E-state index in [4.69, 9.17) is 27.7 Å². The number of halogens is 2. The van der Waals surface area contributed by atoms with Gasteiger partial charge in [0, 0.05) is 18.1 Å². The van der Waals surface area contributed by atoms with Gasteiger partial charge in [-0.3, -0.25) is 4.79 Å². The van der Waals surface area contributed by atoms with E-state index in [0.717, 1.165) is 12.8 Å². The molecule has 1 atom stereocenters. The molecule has 1 aliphatic heterocycles. The number of aryl methyl sites for hydroxylation is 1. The van der Waals surface area contributed by atoms with Crippen LogP contribution in [0.2, 0.25) is 10.0 Å². The van der Waals surface area contributed by atoms with Gasteiger partial charge in [0.2, 0.25) is 5.89 Å². The normalized spacial score (nSPS) is 18.5. The van der Waals surface area contributed by atoms with Gasteiger partial charge in [-0.15, -0.1) is 0 Å². The Kier molecular flexibility index (Phi) is 4.36. The maximum Gasteiger partial charge on any atom is 0.255 e. The van der Waals surface area contributed by atoms with Crippen LogP contribution in [0.3, 0.4) is 0 Å². The quantitative estimate of drug-likeness (QED) is 0.836. The van der Waals surface area contributed by atoms with Gasteiger partial charge < -0.3 is 9.42 Å². The lowest BCUT2D eigenvalue weighted by Crippen LogP contribution is -2.39. The van der Waals surface area contributed by atoms with Crippen molar-refractivity contribution in [2.75, 3.05) is 13.1 Å². The molecule has 1 amide bonds. The van der Waals surface area contributed by atoms with Crippen LogP contribution in [0.4, 0.5) is 0 Å². The van der Waals surface area contributed by atoms with E-state index in [-0.39, 0.29) is 11.8 Å². The topological polar surface area (TPSA) is 59.2 Å². The molecule has 0 radical (unpaired) electrons. The predicted octanol–water partition coefficient (Wildman–Crippen LogP) is 3.70. The summed E-state index contributed by atoms with van der Waals surface area (Å²) in [4.78, 5) is 18.7. The molecule has 3 rings (SSSR count). The summed E-state index contributed by atoms with van der Waals surface area (Å²) in [5.74, 6) is 1.18. The molecule has 0 spiro atoms. The van der Waals surface area contributed by atoms with Gasteiger partial charge in [-0.25, -0.2) is 0 Å². The largest absolute Gasteiger partial charge is 0.339 e. The number of carbonyl (C=O) groups is 1. The number of aromatic nitrogens is 2. The smallest absolute Gasteiger partial charge is 0.255 e. The van der Waals surface area contributed by atoms with Crippen LogP contribution >= 0.6 is 23.2 Å². The highest BCUT2D eigenvalue weighted by molar-refractivity contribution is 6.36. The zero-order chi connectivity index (χ0) is 15.7. The minimum absolute atomic E-state index is 0.0741. The van der Waals surface area contributed by atoms with Crippen LogP contribution in [0.5, 0.6) is 0 Å². The Morgan fingerprint density at radius 2 is 2.23 bits per heavy atom. The fraction of sp³-hybridized carbons (Fsp3) is 0.400. The minimum atomic E-state index is -0.0948. The highest BCUT2D eigenvalue weighted by atomic mass is 35.5. The van der Waals surface area contributed by atoms with Crippen molar-refractivity contribution in [1.29, 1.82) is 0 Å². The predicted molar refractivity (Wildman–Crippen MR) is 83.4 cm³/mol. The number of likely N-dealkylation sites (tertiary alicyclic amines) is 1. The lowest BCUT2D eigenvalue weighted by Gasteiger charge is -2.31. The first-order valence-corrected chi connectivity index (χ1v) is 7.84. The maximum atomic E-state index is 12.6. The van der Waals surface area contributed by atoms with Gasteiger partial charge in [0.05, 0.1) is 16.5 Å². The molecular formula is C15H15Cl2N3O2. The second-order valence-electron chi connectivity index (χ2n) is 5.39. The summed E-state index contributed by atoms with van der Waals surface area (Å²) < 4.78 is 5.23. The number of benzene rings is 1. The lowest BCUT2D eigenvalue weighted by atomic mass is 9.97.